The third-order valence-corrected chi connectivity index (χ3v) is 11.5. The summed E-state index contributed by atoms with van der Waals surface area (Å²) in [5.41, 5.74) is 12.2. The van der Waals surface area contributed by atoms with Gasteiger partial charge >= 0.3 is 0 Å². The lowest BCUT2D eigenvalue weighted by molar-refractivity contribution is 1.18. The van der Waals surface area contributed by atoms with Gasteiger partial charge < -0.3 is 0 Å². The van der Waals surface area contributed by atoms with Crippen molar-refractivity contribution in [3.05, 3.63) is 218 Å². The van der Waals surface area contributed by atoms with Gasteiger partial charge in [0.2, 0.25) is 0 Å². The fourth-order valence-corrected chi connectivity index (χ4v) is 8.63. The average molecular weight is 737 g/mol. The van der Waals surface area contributed by atoms with Crippen LogP contribution in [0, 0.1) is 0 Å². The lowest BCUT2D eigenvalue weighted by atomic mass is 9.84. The molecule has 1 heterocycles. The van der Waals surface area contributed by atoms with Crippen LogP contribution in [0.25, 0.3) is 110 Å². The number of benzene rings is 10. The van der Waals surface area contributed by atoms with E-state index in [2.05, 4.69) is 200 Å². The molecule has 1 aromatic heterocycles. The van der Waals surface area contributed by atoms with E-state index in [9.17, 15) is 0 Å². The Morgan fingerprint density at radius 2 is 0.707 bits per heavy atom. The Balaban J connectivity index is 0.999. The van der Waals surface area contributed by atoms with Gasteiger partial charge in [0.25, 0.3) is 0 Å². The van der Waals surface area contributed by atoms with Crippen molar-refractivity contribution in [3.63, 3.8) is 0 Å². The van der Waals surface area contributed by atoms with Gasteiger partial charge in [-0.1, -0.05) is 206 Å². The van der Waals surface area contributed by atoms with Gasteiger partial charge in [0.05, 0.1) is 11.4 Å². The van der Waals surface area contributed by atoms with Crippen LogP contribution in [0.3, 0.4) is 0 Å². The molecule has 0 atom stereocenters. The van der Waals surface area contributed by atoms with Crippen molar-refractivity contribution in [2.75, 3.05) is 0 Å². The first-order valence-corrected chi connectivity index (χ1v) is 19.8. The summed E-state index contributed by atoms with van der Waals surface area (Å²) < 4.78 is 0. The van der Waals surface area contributed by atoms with Crippen LogP contribution in [0.2, 0.25) is 0 Å². The summed E-state index contributed by atoms with van der Waals surface area (Å²) in [5, 5.41) is 9.98. The second-order valence-corrected chi connectivity index (χ2v) is 14.9. The molecule has 270 valence electrons. The number of aromatic nitrogens is 2. The van der Waals surface area contributed by atoms with Crippen LogP contribution in [0.1, 0.15) is 0 Å². The van der Waals surface area contributed by atoms with Crippen LogP contribution in [0.4, 0.5) is 0 Å². The monoisotopic (exact) mass is 736 g/mol. The standard InChI is InChI=1S/C56H36N2/c1-3-15-42(16-4-1)53-48-21-11-12-22-49(48)54(55-47-20-10-9-14-40(47)33-34-50(53)55)43-30-25-39(26-31-43)38-23-28-41(29-24-38)51-36-52(58-56(57-51)44-17-5-2-6-18-44)46-32-27-37-13-7-8-19-45(37)35-46/h1-36H. The predicted molar refractivity (Wildman–Crippen MR) is 245 cm³/mol. The second-order valence-electron chi connectivity index (χ2n) is 14.9. The Morgan fingerprint density at radius 3 is 1.40 bits per heavy atom. The normalized spacial score (nSPS) is 11.4. The molecule has 10 aromatic carbocycles. The molecule has 0 aliphatic rings. The van der Waals surface area contributed by atoms with E-state index in [0.717, 1.165) is 33.6 Å². The van der Waals surface area contributed by atoms with E-state index in [0.29, 0.717) is 5.82 Å². The van der Waals surface area contributed by atoms with Crippen molar-refractivity contribution in [1.82, 2.24) is 9.97 Å². The number of hydrogen-bond donors (Lipinski definition) is 0. The molecule has 0 fully saturated rings. The van der Waals surface area contributed by atoms with E-state index in [1.807, 2.05) is 18.2 Å². The molecule has 0 saturated carbocycles. The first-order chi connectivity index (χ1) is 28.7. The maximum absolute atomic E-state index is 5.09. The van der Waals surface area contributed by atoms with Crippen LogP contribution in [0.5, 0.6) is 0 Å². The minimum absolute atomic E-state index is 0.713. The molecule has 0 N–H and O–H groups in total. The van der Waals surface area contributed by atoms with Crippen molar-refractivity contribution in [1.29, 1.82) is 0 Å². The molecule has 0 spiro atoms. The molecule has 11 rings (SSSR count). The average Bonchev–Trinajstić information content (AvgIpc) is 3.31. The van der Waals surface area contributed by atoms with Gasteiger partial charge in [-0.15, -0.1) is 0 Å². The summed E-state index contributed by atoms with van der Waals surface area (Å²) in [5.74, 6) is 0.713. The van der Waals surface area contributed by atoms with Gasteiger partial charge in [-0.05, 0) is 88.6 Å². The highest BCUT2D eigenvalue weighted by Gasteiger charge is 2.19. The molecule has 0 aliphatic carbocycles. The number of rotatable bonds is 6. The predicted octanol–water partition coefficient (Wildman–Crippen LogP) is 15.1. The molecule has 0 radical (unpaired) electrons. The second kappa shape index (κ2) is 14.1. The minimum atomic E-state index is 0.713. The van der Waals surface area contributed by atoms with Crippen molar-refractivity contribution in [2.45, 2.75) is 0 Å². The number of hydrogen-bond acceptors (Lipinski definition) is 2. The quantitative estimate of drug-likeness (QED) is 0.125. The molecule has 0 unspecified atom stereocenters. The van der Waals surface area contributed by atoms with Gasteiger partial charge in [0, 0.05) is 16.7 Å². The van der Waals surface area contributed by atoms with Crippen LogP contribution < -0.4 is 0 Å². The zero-order valence-corrected chi connectivity index (χ0v) is 31.7. The summed E-state index contributed by atoms with van der Waals surface area (Å²) in [4.78, 5) is 10.2. The first-order valence-electron chi connectivity index (χ1n) is 19.8. The third kappa shape index (κ3) is 5.91. The Hall–Kier alpha value is -7.68. The highest BCUT2D eigenvalue weighted by atomic mass is 14.9. The largest absolute Gasteiger partial charge is 0.228 e. The highest BCUT2D eigenvalue weighted by molar-refractivity contribution is 6.27. The van der Waals surface area contributed by atoms with Crippen LogP contribution in [-0.2, 0) is 0 Å². The molecular weight excluding hydrogens is 701 g/mol. The maximum Gasteiger partial charge on any atom is 0.160 e. The minimum Gasteiger partial charge on any atom is -0.228 e. The lowest BCUT2D eigenvalue weighted by Crippen LogP contribution is -1.96. The summed E-state index contributed by atoms with van der Waals surface area (Å²) in [7, 11) is 0. The molecule has 0 amide bonds. The molecule has 0 saturated heterocycles. The molecule has 0 bridgehead atoms. The Morgan fingerprint density at radius 1 is 0.241 bits per heavy atom. The van der Waals surface area contributed by atoms with Gasteiger partial charge in [-0.3, -0.25) is 0 Å². The summed E-state index contributed by atoms with van der Waals surface area (Å²) in [6.45, 7) is 0. The van der Waals surface area contributed by atoms with E-state index in [1.54, 1.807) is 0 Å². The van der Waals surface area contributed by atoms with Crippen molar-refractivity contribution >= 4 is 43.1 Å². The van der Waals surface area contributed by atoms with Crippen LogP contribution >= 0.6 is 0 Å². The smallest absolute Gasteiger partial charge is 0.160 e. The van der Waals surface area contributed by atoms with Gasteiger partial charge in [0.15, 0.2) is 5.82 Å². The van der Waals surface area contributed by atoms with E-state index in [4.69, 9.17) is 9.97 Å². The third-order valence-electron chi connectivity index (χ3n) is 11.5. The van der Waals surface area contributed by atoms with Crippen molar-refractivity contribution in [3.8, 4) is 67.3 Å². The Bertz CT molecular complexity index is 3300. The SMILES string of the molecule is c1ccc(-c2nc(-c3ccc(-c4ccc(-c5c6ccccc6c(-c6ccccc6)c6ccc7ccccc7c56)cc4)cc3)cc(-c3ccc4ccccc4c3)n2)cc1. The van der Waals surface area contributed by atoms with Crippen molar-refractivity contribution < 1.29 is 0 Å². The number of nitrogens with zero attached hydrogens (tertiary/aromatic N) is 2. The van der Waals surface area contributed by atoms with E-state index in [1.165, 1.54) is 70.9 Å². The Labute approximate surface area is 337 Å². The molecular formula is C56H36N2. The van der Waals surface area contributed by atoms with Gasteiger partial charge in [-0.2, -0.15) is 0 Å². The molecule has 2 heteroatoms. The fraction of sp³-hybridized carbons (Fsp3) is 0. The summed E-state index contributed by atoms with van der Waals surface area (Å²) in [6, 6.07) is 78.3. The zero-order valence-electron chi connectivity index (χ0n) is 31.7. The molecule has 0 aliphatic heterocycles. The Kier molecular flexibility index (Phi) is 8.19. The first kappa shape index (κ1) is 33.6. The molecule has 11 aromatic rings. The summed E-state index contributed by atoms with van der Waals surface area (Å²) >= 11 is 0. The van der Waals surface area contributed by atoms with E-state index >= 15 is 0 Å². The zero-order chi connectivity index (χ0) is 38.4. The topological polar surface area (TPSA) is 25.8 Å². The van der Waals surface area contributed by atoms with Gasteiger partial charge in [-0.25, -0.2) is 9.97 Å². The fourth-order valence-electron chi connectivity index (χ4n) is 8.63. The van der Waals surface area contributed by atoms with Gasteiger partial charge in [0.1, 0.15) is 0 Å². The highest BCUT2D eigenvalue weighted by Crippen LogP contribution is 2.46. The summed E-state index contributed by atoms with van der Waals surface area (Å²) in [6.07, 6.45) is 0. The molecule has 58 heavy (non-hydrogen) atoms. The lowest BCUT2D eigenvalue weighted by Gasteiger charge is -2.19. The number of fused-ring (bicyclic) bond motifs is 5. The van der Waals surface area contributed by atoms with Crippen LogP contribution in [-0.4, -0.2) is 9.97 Å². The van der Waals surface area contributed by atoms with Crippen LogP contribution in [0.15, 0.2) is 218 Å². The van der Waals surface area contributed by atoms with E-state index < -0.39 is 0 Å². The van der Waals surface area contributed by atoms with Crippen molar-refractivity contribution in [2.24, 2.45) is 0 Å². The molecule has 2 nitrogen and oxygen atoms in total. The van der Waals surface area contributed by atoms with E-state index in [-0.39, 0.29) is 0 Å². The maximum atomic E-state index is 5.09.